The van der Waals surface area contributed by atoms with E-state index in [1.807, 2.05) is 26.1 Å². The van der Waals surface area contributed by atoms with E-state index in [1.54, 1.807) is 4.68 Å². The van der Waals surface area contributed by atoms with E-state index >= 15 is 0 Å². The molecule has 1 heterocycles. The van der Waals surface area contributed by atoms with Gasteiger partial charge in [-0.15, -0.1) is 24.0 Å². The van der Waals surface area contributed by atoms with Crippen molar-refractivity contribution in [1.82, 2.24) is 25.4 Å². The topological polar surface area (TPSA) is 85.6 Å². The summed E-state index contributed by atoms with van der Waals surface area (Å²) in [5.41, 5.74) is 1.10. The monoisotopic (exact) mass is 530 g/mol. The van der Waals surface area contributed by atoms with E-state index in [0.717, 1.165) is 48.2 Å². The number of nitrogens with zero attached hydrogens (tertiary/aromatic N) is 4. The van der Waals surface area contributed by atoms with Crippen LogP contribution in [0.4, 0.5) is 0 Å². The van der Waals surface area contributed by atoms with Gasteiger partial charge in [0.1, 0.15) is 18.7 Å². The van der Waals surface area contributed by atoms with E-state index in [9.17, 15) is 0 Å². The highest BCUT2D eigenvalue weighted by Gasteiger charge is 2.13. The molecule has 0 saturated carbocycles. The number of halogens is 1. The third kappa shape index (κ3) is 8.00. The zero-order valence-corrected chi connectivity index (χ0v) is 21.0. The van der Waals surface area contributed by atoms with Crippen LogP contribution < -0.4 is 20.1 Å². The smallest absolute Gasteiger partial charge is 0.192 e. The highest BCUT2D eigenvalue weighted by atomic mass is 127. The minimum atomic E-state index is 0. The lowest BCUT2D eigenvalue weighted by Gasteiger charge is -2.20. The van der Waals surface area contributed by atoms with Crippen molar-refractivity contribution < 1.29 is 9.47 Å². The second kappa shape index (κ2) is 14.1. The number of aryl methyl sites for hydroxylation is 1. The Labute approximate surface area is 196 Å². The van der Waals surface area contributed by atoms with Crippen LogP contribution in [0, 0.1) is 0 Å². The summed E-state index contributed by atoms with van der Waals surface area (Å²) in [7, 11) is 1.86. The van der Waals surface area contributed by atoms with Crippen molar-refractivity contribution >= 4 is 29.9 Å². The predicted molar refractivity (Wildman–Crippen MR) is 131 cm³/mol. The number of benzene rings is 1. The molecule has 0 aliphatic carbocycles. The Morgan fingerprint density at radius 3 is 2.43 bits per heavy atom. The van der Waals surface area contributed by atoms with E-state index in [4.69, 9.17) is 9.47 Å². The Kier molecular flexibility index (Phi) is 12.2. The van der Waals surface area contributed by atoms with Crippen LogP contribution >= 0.6 is 24.0 Å². The molecule has 2 N–H and O–H groups in total. The maximum atomic E-state index is 5.92. The maximum absolute atomic E-state index is 5.92. The Bertz CT molecular complexity index is 781. The first kappa shape index (κ1) is 26.0. The summed E-state index contributed by atoms with van der Waals surface area (Å²) < 4.78 is 13.5. The van der Waals surface area contributed by atoms with Crippen molar-refractivity contribution in [3.05, 3.63) is 35.9 Å². The largest absolute Gasteiger partial charge is 0.490 e. The van der Waals surface area contributed by atoms with Crippen LogP contribution in [0.25, 0.3) is 0 Å². The van der Waals surface area contributed by atoms with Crippen LogP contribution in [0.15, 0.2) is 29.5 Å². The van der Waals surface area contributed by atoms with E-state index < -0.39 is 0 Å². The first-order chi connectivity index (χ1) is 14.1. The number of guanidine groups is 1. The van der Waals surface area contributed by atoms with Crippen LogP contribution in [0.1, 0.15) is 58.0 Å². The maximum Gasteiger partial charge on any atom is 0.192 e. The van der Waals surface area contributed by atoms with Crippen molar-refractivity contribution in [3.8, 4) is 11.5 Å². The lowest BCUT2D eigenvalue weighted by Crippen LogP contribution is -2.38. The van der Waals surface area contributed by atoms with Gasteiger partial charge in [-0.1, -0.05) is 19.9 Å². The van der Waals surface area contributed by atoms with Gasteiger partial charge >= 0.3 is 0 Å². The molecular weight excluding hydrogens is 495 g/mol. The van der Waals surface area contributed by atoms with Crippen LogP contribution in [0.5, 0.6) is 11.5 Å². The lowest BCUT2D eigenvalue weighted by molar-refractivity contribution is 0.268. The third-order valence-corrected chi connectivity index (χ3v) is 4.27. The molecule has 1 aromatic heterocycles. The highest BCUT2D eigenvalue weighted by molar-refractivity contribution is 14.0. The molecule has 0 amide bonds. The minimum absolute atomic E-state index is 0. The lowest BCUT2D eigenvalue weighted by atomic mass is 10.1. The summed E-state index contributed by atoms with van der Waals surface area (Å²) in [5, 5.41) is 10.8. The Morgan fingerprint density at radius 2 is 1.83 bits per heavy atom. The van der Waals surface area contributed by atoms with Crippen molar-refractivity contribution in [3.63, 3.8) is 0 Å². The number of ether oxygens (including phenoxy) is 2. The van der Waals surface area contributed by atoms with Gasteiger partial charge in [-0.3, -0.25) is 4.68 Å². The van der Waals surface area contributed by atoms with Gasteiger partial charge in [-0.2, -0.15) is 5.10 Å². The second-order valence-corrected chi connectivity index (χ2v) is 6.76. The van der Waals surface area contributed by atoms with E-state index in [-0.39, 0.29) is 30.0 Å². The SMILES string of the molecule is CCCOc1ccc(C(C)NC(=NCc2ncnn2C)NCC)cc1OCCC.I. The molecule has 0 bridgehead atoms. The fourth-order valence-electron chi connectivity index (χ4n) is 2.67. The number of hydrogen-bond acceptors (Lipinski definition) is 5. The second-order valence-electron chi connectivity index (χ2n) is 6.76. The molecule has 9 heteroatoms. The number of hydrogen-bond donors (Lipinski definition) is 2. The molecule has 2 rings (SSSR count). The molecule has 30 heavy (non-hydrogen) atoms. The molecule has 0 aliphatic heterocycles. The standard InChI is InChI=1S/C21H34N6O2.HI/c1-6-11-28-18-10-9-17(13-19(18)29-12-7-2)16(4)26-21(22-8-3)23-14-20-24-15-25-27(20)5;/h9-10,13,15-16H,6-8,11-12,14H2,1-5H3,(H2,22,23,26);1H. The van der Waals surface area contributed by atoms with Gasteiger partial charge in [-0.05, 0) is 44.4 Å². The van der Waals surface area contributed by atoms with Gasteiger partial charge in [0.2, 0.25) is 0 Å². The summed E-state index contributed by atoms with van der Waals surface area (Å²) in [6.07, 6.45) is 3.44. The first-order valence-corrected chi connectivity index (χ1v) is 10.4. The predicted octanol–water partition coefficient (Wildman–Crippen LogP) is 3.83. The van der Waals surface area contributed by atoms with Crippen LogP contribution in [-0.2, 0) is 13.6 Å². The third-order valence-electron chi connectivity index (χ3n) is 4.27. The van der Waals surface area contributed by atoms with E-state index in [0.29, 0.717) is 19.8 Å². The van der Waals surface area contributed by atoms with Gasteiger partial charge in [-0.25, -0.2) is 9.98 Å². The summed E-state index contributed by atoms with van der Waals surface area (Å²) in [4.78, 5) is 8.85. The van der Waals surface area contributed by atoms with Gasteiger partial charge in [0.15, 0.2) is 17.5 Å². The number of rotatable bonds is 11. The number of aliphatic imine (C=N–C) groups is 1. The van der Waals surface area contributed by atoms with Gasteiger partial charge in [0, 0.05) is 13.6 Å². The fourth-order valence-corrected chi connectivity index (χ4v) is 2.67. The first-order valence-electron chi connectivity index (χ1n) is 10.4. The molecule has 0 radical (unpaired) electrons. The molecule has 0 spiro atoms. The molecule has 0 saturated heterocycles. The van der Waals surface area contributed by atoms with Crippen molar-refractivity contribution in [2.45, 2.75) is 53.1 Å². The molecule has 8 nitrogen and oxygen atoms in total. The molecule has 1 atom stereocenters. The van der Waals surface area contributed by atoms with Crippen LogP contribution in [0.2, 0.25) is 0 Å². The molecule has 168 valence electrons. The fraction of sp³-hybridized carbons (Fsp3) is 0.571. The Hall–Kier alpha value is -2.04. The van der Waals surface area contributed by atoms with E-state index in [1.165, 1.54) is 6.33 Å². The normalized spacial score (nSPS) is 12.1. The summed E-state index contributed by atoms with van der Waals surface area (Å²) in [6.45, 7) is 10.9. The zero-order chi connectivity index (χ0) is 21.1. The van der Waals surface area contributed by atoms with Crippen molar-refractivity contribution in [1.29, 1.82) is 0 Å². The molecule has 1 unspecified atom stereocenters. The number of nitrogens with one attached hydrogen (secondary N) is 2. The minimum Gasteiger partial charge on any atom is -0.490 e. The zero-order valence-electron chi connectivity index (χ0n) is 18.6. The molecule has 0 aliphatic rings. The van der Waals surface area contributed by atoms with Crippen LogP contribution in [-0.4, -0.2) is 40.5 Å². The quantitative estimate of drug-likeness (QED) is 0.261. The van der Waals surface area contributed by atoms with Crippen molar-refractivity contribution in [2.75, 3.05) is 19.8 Å². The van der Waals surface area contributed by atoms with E-state index in [2.05, 4.69) is 52.5 Å². The Morgan fingerprint density at radius 1 is 1.13 bits per heavy atom. The summed E-state index contributed by atoms with van der Waals surface area (Å²) >= 11 is 0. The Balaban J connectivity index is 0.00000450. The highest BCUT2D eigenvalue weighted by Crippen LogP contribution is 2.31. The van der Waals surface area contributed by atoms with Crippen molar-refractivity contribution in [2.24, 2.45) is 12.0 Å². The molecular formula is C21H35IN6O2. The average Bonchev–Trinajstić information content (AvgIpc) is 3.14. The average molecular weight is 530 g/mol. The van der Waals surface area contributed by atoms with Crippen LogP contribution in [0.3, 0.4) is 0 Å². The summed E-state index contributed by atoms with van der Waals surface area (Å²) in [5.74, 6) is 3.11. The van der Waals surface area contributed by atoms with Gasteiger partial charge < -0.3 is 20.1 Å². The molecule has 1 aromatic carbocycles. The van der Waals surface area contributed by atoms with Gasteiger partial charge in [0.05, 0.1) is 19.3 Å². The summed E-state index contributed by atoms with van der Waals surface area (Å²) in [6, 6.07) is 6.13. The molecule has 2 aromatic rings. The molecule has 0 fully saturated rings. The number of aromatic nitrogens is 3. The van der Waals surface area contributed by atoms with Gasteiger partial charge in [0.25, 0.3) is 0 Å².